The van der Waals surface area contributed by atoms with E-state index in [4.69, 9.17) is 21.3 Å². The van der Waals surface area contributed by atoms with Crippen LogP contribution in [0.5, 0.6) is 0 Å². The molecule has 2 aliphatic rings. The highest BCUT2D eigenvalue weighted by atomic mass is 35.5. The number of aromatic nitrogens is 4. The number of esters is 1. The van der Waals surface area contributed by atoms with Crippen molar-refractivity contribution in [3.8, 4) is 5.82 Å². The molecule has 0 spiro atoms. The lowest BCUT2D eigenvalue weighted by molar-refractivity contribution is -0.152. The molecule has 0 saturated heterocycles. The first-order valence-corrected chi connectivity index (χ1v) is 12.0. The average Bonchev–Trinajstić information content (AvgIpc) is 3.28. The molecule has 2 N–H and O–H groups in total. The molecule has 3 aromatic rings. The molecule has 2 aromatic heterocycles. The van der Waals surface area contributed by atoms with Crippen LogP contribution in [0.3, 0.4) is 0 Å². The van der Waals surface area contributed by atoms with Gasteiger partial charge < -0.3 is 14.8 Å². The Hall–Kier alpha value is -2.97. The van der Waals surface area contributed by atoms with Gasteiger partial charge in [0.05, 0.1) is 18.2 Å². The van der Waals surface area contributed by atoms with Gasteiger partial charge in [0.2, 0.25) is 0 Å². The molecule has 1 aliphatic heterocycles. The molecule has 0 amide bonds. The number of halogens is 1. The molecule has 1 atom stereocenters. The van der Waals surface area contributed by atoms with Crippen LogP contribution in [0.15, 0.2) is 29.3 Å². The van der Waals surface area contributed by atoms with Gasteiger partial charge in [-0.15, -0.1) is 10.2 Å². The fraction of sp³-hybridized carbons (Fsp3) is 0.440. The van der Waals surface area contributed by atoms with Gasteiger partial charge in [0.25, 0.3) is 0 Å². The predicted octanol–water partition coefficient (Wildman–Crippen LogP) is 4.30. The molecule has 1 aromatic carbocycles. The van der Waals surface area contributed by atoms with E-state index in [2.05, 4.69) is 22.1 Å². The number of nitrogens with one attached hydrogen (secondary N) is 1. The zero-order valence-corrected chi connectivity index (χ0v) is 20.3. The largest absolute Gasteiger partial charge is 0.462 e. The molecule has 1 saturated carbocycles. The Morgan fingerprint density at radius 2 is 1.85 bits per heavy atom. The van der Waals surface area contributed by atoms with Crippen LogP contribution >= 0.6 is 11.6 Å². The summed E-state index contributed by atoms with van der Waals surface area (Å²) in [5.41, 5.74) is 4.75. The van der Waals surface area contributed by atoms with Crippen molar-refractivity contribution >= 4 is 23.3 Å². The summed E-state index contributed by atoms with van der Waals surface area (Å²) in [6.07, 6.45) is 2.24. The maximum absolute atomic E-state index is 13.0. The number of aromatic amines is 1. The maximum Gasteiger partial charge on any atom is 0.308 e. The molecule has 9 heteroatoms. The highest BCUT2D eigenvalue weighted by molar-refractivity contribution is 6.30. The first-order chi connectivity index (χ1) is 16.3. The molecule has 34 heavy (non-hydrogen) atoms. The van der Waals surface area contributed by atoms with Crippen molar-refractivity contribution in [1.82, 2.24) is 19.7 Å². The van der Waals surface area contributed by atoms with E-state index < -0.39 is 6.04 Å². The molecule has 0 radical (unpaired) electrons. The summed E-state index contributed by atoms with van der Waals surface area (Å²) < 4.78 is 7.72. The van der Waals surface area contributed by atoms with Crippen LogP contribution in [0, 0.1) is 20.8 Å². The Labute approximate surface area is 203 Å². The van der Waals surface area contributed by atoms with Crippen molar-refractivity contribution in [1.29, 1.82) is 0 Å². The number of aliphatic hydroxyl groups is 1. The number of carbonyl (C=O) groups excluding carboxylic acids is 1. The third-order valence-electron chi connectivity index (χ3n) is 6.79. The van der Waals surface area contributed by atoms with E-state index in [0.717, 1.165) is 33.9 Å². The lowest BCUT2D eigenvalue weighted by Crippen LogP contribution is -2.27. The Morgan fingerprint density at radius 3 is 2.56 bits per heavy atom. The molecule has 1 unspecified atom stereocenters. The van der Waals surface area contributed by atoms with Crippen LogP contribution < -0.4 is 0 Å². The smallest absolute Gasteiger partial charge is 0.308 e. The van der Waals surface area contributed by atoms with Crippen molar-refractivity contribution in [3.05, 3.63) is 63.3 Å². The third-order valence-corrected chi connectivity index (χ3v) is 7.04. The Kier molecular flexibility index (Phi) is 6.04. The molecular weight excluding hydrogens is 454 g/mol. The minimum atomic E-state index is -0.561. The van der Waals surface area contributed by atoms with E-state index in [-0.39, 0.29) is 24.6 Å². The van der Waals surface area contributed by atoms with Crippen LogP contribution in [-0.2, 0) is 9.53 Å². The van der Waals surface area contributed by atoms with Gasteiger partial charge in [-0.25, -0.2) is 0 Å². The molecule has 178 valence electrons. The number of hydrogen-bond acceptors (Lipinski definition) is 6. The molecule has 1 aliphatic carbocycles. The van der Waals surface area contributed by atoms with Crippen LogP contribution in [-0.4, -0.2) is 48.7 Å². The minimum absolute atomic E-state index is 0.0522. The molecule has 1 fully saturated rings. The summed E-state index contributed by atoms with van der Waals surface area (Å²) in [5.74, 6) is 1.83. The quantitative estimate of drug-likeness (QED) is 0.540. The number of rotatable bonds is 4. The number of hydrogen-bond donors (Lipinski definition) is 2. The van der Waals surface area contributed by atoms with Gasteiger partial charge in [0, 0.05) is 21.8 Å². The summed E-state index contributed by atoms with van der Waals surface area (Å²) >= 11 is 6.15. The van der Waals surface area contributed by atoms with Crippen molar-refractivity contribution in [2.75, 3.05) is 0 Å². The highest BCUT2D eigenvalue weighted by Gasteiger charge is 2.33. The number of aliphatic hydroxyl groups excluding tert-OH is 1. The number of H-pyrrole nitrogens is 1. The van der Waals surface area contributed by atoms with E-state index >= 15 is 0 Å². The number of nitrogens with zero attached hydrogens (tertiary/aromatic N) is 4. The molecule has 8 nitrogen and oxygen atoms in total. The lowest BCUT2D eigenvalue weighted by Gasteiger charge is -2.25. The first kappa shape index (κ1) is 22.8. The fourth-order valence-electron chi connectivity index (χ4n) is 4.82. The second-order valence-electron chi connectivity index (χ2n) is 9.16. The molecular formula is C25H28ClN5O3. The van der Waals surface area contributed by atoms with Gasteiger partial charge >= 0.3 is 5.97 Å². The topological polar surface area (TPSA) is 105 Å². The Morgan fingerprint density at radius 1 is 1.15 bits per heavy atom. The van der Waals surface area contributed by atoms with E-state index in [1.807, 2.05) is 42.7 Å². The fourth-order valence-corrected chi connectivity index (χ4v) is 4.95. The summed E-state index contributed by atoms with van der Waals surface area (Å²) in [6.45, 7) is 5.97. The maximum atomic E-state index is 13.0. The van der Waals surface area contributed by atoms with Gasteiger partial charge in [-0.2, -0.15) is 0 Å². The van der Waals surface area contributed by atoms with Crippen LogP contribution in [0.2, 0.25) is 5.02 Å². The summed E-state index contributed by atoms with van der Waals surface area (Å²) in [4.78, 5) is 21.5. The second kappa shape index (κ2) is 9.00. The molecule has 0 bridgehead atoms. The number of ether oxygens (including phenoxy) is 1. The monoisotopic (exact) mass is 481 g/mol. The normalized spacial score (nSPS) is 21.9. The van der Waals surface area contributed by atoms with Crippen LogP contribution in [0.25, 0.3) is 5.82 Å². The van der Waals surface area contributed by atoms with Gasteiger partial charge in [0.1, 0.15) is 23.8 Å². The van der Waals surface area contributed by atoms with E-state index in [1.165, 1.54) is 0 Å². The van der Waals surface area contributed by atoms with Gasteiger partial charge in [-0.05, 0) is 64.2 Å². The first-order valence-electron chi connectivity index (χ1n) is 11.6. The van der Waals surface area contributed by atoms with Crippen molar-refractivity contribution in [2.24, 2.45) is 4.99 Å². The van der Waals surface area contributed by atoms with Crippen molar-refractivity contribution in [2.45, 2.75) is 71.1 Å². The van der Waals surface area contributed by atoms with Crippen molar-refractivity contribution < 1.29 is 14.6 Å². The third kappa shape index (κ3) is 4.16. The Bertz CT molecular complexity index is 1250. The number of fused-ring (bicyclic) bond motifs is 3. The molecule has 5 rings (SSSR count). The minimum Gasteiger partial charge on any atom is -0.462 e. The zero-order chi connectivity index (χ0) is 24.0. The van der Waals surface area contributed by atoms with E-state index in [9.17, 15) is 9.90 Å². The summed E-state index contributed by atoms with van der Waals surface area (Å²) in [6, 6.07) is 6.99. The summed E-state index contributed by atoms with van der Waals surface area (Å²) in [5, 5.41) is 19.1. The summed E-state index contributed by atoms with van der Waals surface area (Å²) in [7, 11) is 0. The van der Waals surface area contributed by atoms with E-state index in [0.29, 0.717) is 42.4 Å². The number of aryl methyl sites for hydroxylation is 2. The van der Waals surface area contributed by atoms with Crippen molar-refractivity contribution in [3.63, 3.8) is 0 Å². The SMILES string of the molecule is Cc1[nH]c2c(c1C)C(c1ccc(Cl)cc1)=NC(CC(=O)OC1CCC(O)CC1)c1nnc(C)n1-2. The number of carbonyl (C=O) groups is 1. The zero-order valence-electron chi connectivity index (χ0n) is 19.5. The standard InChI is InChI=1S/C25H28ClN5O3/c1-13-14(2)27-25-22(13)23(16-4-6-17(26)7-5-16)28-20(24-30-29-15(3)31(24)25)12-21(33)34-19-10-8-18(32)9-11-19/h4-7,18-20,27,32H,8-12H2,1-3H3. The van der Waals surface area contributed by atoms with E-state index in [1.54, 1.807) is 0 Å². The number of aliphatic imine (C=N–C) groups is 1. The lowest BCUT2D eigenvalue weighted by atomic mass is 9.95. The van der Waals surface area contributed by atoms with Gasteiger partial charge in [-0.3, -0.25) is 14.4 Å². The van der Waals surface area contributed by atoms with Gasteiger partial charge in [0.15, 0.2) is 5.82 Å². The molecule has 3 heterocycles. The average molecular weight is 482 g/mol. The number of benzene rings is 1. The van der Waals surface area contributed by atoms with Gasteiger partial charge in [-0.1, -0.05) is 23.7 Å². The Balaban J connectivity index is 1.55. The predicted molar refractivity (Wildman–Crippen MR) is 129 cm³/mol. The van der Waals surface area contributed by atoms with Crippen LogP contribution in [0.4, 0.5) is 0 Å². The second-order valence-corrected chi connectivity index (χ2v) is 9.60. The highest BCUT2D eigenvalue weighted by Crippen LogP contribution is 2.35. The van der Waals surface area contributed by atoms with Crippen LogP contribution in [0.1, 0.15) is 72.2 Å².